The zero-order valence-corrected chi connectivity index (χ0v) is 15.7. The van der Waals surface area contributed by atoms with E-state index in [2.05, 4.69) is 26.8 Å². The molecule has 1 atom stereocenters. The van der Waals surface area contributed by atoms with Crippen LogP contribution in [0.1, 0.15) is 34.8 Å². The smallest absolute Gasteiger partial charge is 0.269 e. The fourth-order valence-electron chi connectivity index (χ4n) is 3.21. The Morgan fingerprint density at radius 2 is 2.11 bits per heavy atom. The standard InChI is InChI=1S/C19H20ClN5O2/c1-3-18(26)25-6-4-5-12(10-25)13-7-15(24-17(20)8-13)14-9-16(19(27)21-2)23-11-22-14/h3,7-9,11-12H,1,4-6,10H2,2H3,(H,21,27)/t12-/m1/s1. The summed E-state index contributed by atoms with van der Waals surface area (Å²) in [6.07, 6.45) is 4.53. The van der Waals surface area contributed by atoms with E-state index < -0.39 is 0 Å². The molecule has 140 valence electrons. The minimum atomic E-state index is -0.299. The number of amides is 2. The Labute approximate surface area is 162 Å². The number of rotatable bonds is 4. The van der Waals surface area contributed by atoms with E-state index in [0.717, 1.165) is 24.9 Å². The first-order valence-corrected chi connectivity index (χ1v) is 9.03. The predicted octanol–water partition coefficient (Wildman–Crippen LogP) is 2.44. The maximum absolute atomic E-state index is 11.9. The highest BCUT2D eigenvalue weighted by molar-refractivity contribution is 6.29. The van der Waals surface area contributed by atoms with Crippen LogP contribution in [0.15, 0.2) is 37.2 Å². The minimum absolute atomic E-state index is 0.0638. The van der Waals surface area contributed by atoms with Gasteiger partial charge < -0.3 is 10.2 Å². The highest BCUT2D eigenvalue weighted by Crippen LogP contribution is 2.31. The lowest BCUT2D eigenvalue weighted by atomic mass is 9.90. The van der Waals surface area contributed by atoms with E-state index in [1.807, 2.05) is 12.1 Å². The Morgan fingerprint density at radius 3 is 2.85 bits per heavy atom. The van der Waals surface area contributed by atoms with E-state index in [1.54, 1.807) is 18.0 Å². The van der Waals surface area contributed by atoms with Gasteiger partial charge in [-0.3, -0.25) is 9.59 Å². The van der Waals surface area contributed by atoms with Gasteiger partial charge in [-0.15, -0.1) is 0 Å². The van der Waals surface area contributed by atoms with Crippen molar-refractivity contribution in [1.29, 1.82) is 0 Å². The van der Waals surface area contributed by atoms with Gasteiger partial charge in [-0.25, -0.2) is 15.0 Å². The summed E-state index contributed by atoms with van der Waals surface area (Å²) >= 11 is 6.24. The number of halogens is 1. The van der Waals surface area contributed by atoms with E-state index in [0.29, 0.717) is 23.1 Å². The van der Waals surface area contributed by atoms with Gasteiger partial charge in [0.1, 0.15) is 17.2 Å². The summed E-state index contributed by atoms with van der Waals surface area (Å²) in [6, 6.07) is 5.31. The molecular formula is C19H20ClN5O2. The van der Waals surface area contributed by atoms with Crippen LogP contribution >= 0.6 is 11.6 Å². The van der Waals surface area contributed by atoms with Crippen molar-refractivity contribution in [2.24, 2.45) is 0 Å². The molecule has 0 aliphatic carbocycles. The van der Waals surface area contributed by atoms with Crippen molar-refractivity contribution in [2.45, 2.75) is 18.8 Å². The third-order valence-corrected chi connectivity index (χ3v) is 4.78. The van der Waals surface area contributed by atoms with Gasteiger partial charge in [0, 0.05) is 26.1 Å². The van der Waals surface area contributed by atoms with Gasteiger partial charge in [-0.05, 0) is 42.7 Å². The third kappa shape index (κ3) is 4.31. The van der Waals surface area contributed by atoms with Crippen molar-refractivity contribution in [3.63, 3.8) is 0 Å². The van der Waals surface area contributed by atoms with Crippen molar-refractivity contribution in [3.8, 4) is 11.4 Å². The maximum atomic E-state index is 11.9. The zero-order chi connectivity index (χ0) is 19.4. The number of hydrogen-bond donors (Lipinski definition) is 1. The van der Waals surface area contributed by atoms with E-state index in [4.69, 9.17) is 11.6 Å². The number of pyridine rings is 1. The molecular weight excluding hydrogens is 366 g/mol. The summed E-state index contributed by atoms with van der Waals surface area (Å²) in [5.74, 6) is -0.208. The van der Waals surface area contributed by atoms with Crippen molar-refractivity contribution in [3.05, 3.63) is 53.6 Å². The molecule has 2 aromatic heterocycles. The van der Waals surface area contributed by atoms with E-state index >= 15 is 0 Å². The third-order valence-electron chi connectivity index (χ3n) is 4.58. The van der Waals surface area contributed by atoms with Crippen LogP contribution in [-0.2, 0) is 4.79 Å². The summed E-state index contributed by atoms with van der Waals surface area (Å²) in [5.41, 5.74) is 2.33. The first-order chi connectivity index (χ1) is 13.0. The zero-order valence-electron chi connectivity index (χ0n) is 15.0. The molecule has 1 aliphatic rings. The second-order valence-corrected chi connectivity index (χ2v) is 6.69. The van der Waals surface area contributed by atoms with Crippen molar-refractivity contribution in [1.82, 2.24) is 25.2 Å². The van der Waals surface area contributed by atoms with Crippen LogP contribution in [0.2, 0.25) is 5.15 Å². The molecule has 3 heterocycles. The van der Waals surface area contributed by atoms with Crippen LogP contribution in [0.5, 0.6) is 0 Å². The fraction of sp³-hybridized carbons (Fsp3) is 0.316. The second kappa shape index (κ2) is 8.26. The van der Waals surface area contributed by atoms with Crippen molar-refractivity contribution < 1.29 is 9.59 Å². The van der Waals surface area contributed by atoms with Crippen LogP contribution < -0.4 is 5.32 Å². The molecule has 3 rings (SSSR count). The van der Waals surface area contributed by atoms with Gasteiger partial charge in [0.2, 0.25) is 5.91 Å². The highest BCUT2D eigenvalue weighted by Gasteiger charge is 2.24. The van der Waals surface area contributed by atoms with Crippen LogP contribution in [0, 0.1) is 0 Å². The quantitative estimate of drug-likeness (QED) is 0.645. The van der Waals surface area contributed by atoms with Gasteiger partial charge in [-0.1, -0.05) is 18.2 Å². The topological polar surface area (TPSA) is 88.1 Å². The highest BCUT2D eigenvalue weighted by atomic mass is 35.5. The molecule has 1 N–H and O–H groups in total. The Morgan fingerprint density at radius 1 is 1.30 bits per heavy atom. The molecule has 27 heavy (non-hydrogen) atoms. The van der Waals surface area contributed by atoms with Gasteiger partial charge in [-0.2, -0.15) is 0 Å². The molecule has 8 heteroatoms. The number of carbonyl (C=O) groups is 2. The normalized spacial score (nSPS) is 16.7. The molecule has 1 aliphatic heterocycles. The molecule has 2 amide bonds. The van der Waals surface area contributed by atoms with Crippen LogP contribution in [0.25, 0.3) is 11.4 Å². The molecule has 0 bridgehead atoms. The Bertz CT molecular complexity index is 886. The summed E-state index contributed by atoms with van der Waals surface area (Å²) in [5, 5.41) is 2.88. The minimum Gasteiger partial charge on any atom is -0.354 e. The van der Waals surface area contributed by atoms with Gasteiger partial charge in [0.25, 0.3) is 5.91 Å². The SMILES string of the molecule is C=CC(=O)N1CCC[C@@H](c2cc(Cl)nc(-c3cc(C(=O)NC)ncn3)c2)C1. The lowest BCUT2D eigenvalue weighted by Gasteiger charge is -2.32. The van der Waals surface area contributed by atoms with E-state index in [9.17, 15) is 9.59 Å². The second-order valence-electron chi connectivity index (χ2n) is 6.30. The molecule has 1 fully saturated rings. The first-order valence-electron chi connectivity index (χ1n) is 8.65. The summed E-state index contributed by atoms with van der Waals surface area (Å²) in [4.78, 5) is 38.1. The summed E-state index contributed by atoms with van der Waals surface area (Å²) in [6.45, 7) is 4.90. The fourth-order valence-corrected chi connectivity index (χ4v) is 3.43. The number of nitrogens with one attached hydrogen (secondary N) is 1. The molecule has 0 spiro atoms. The predicted molar refractivity (Wildman–Crippen MR) is 102 cm³/mol. The Hall–Kier alpha value is -2.80. The molecule has 7 nitrogen and oxygen atoms in total. The summed E-state index contributed by atoms with van der Waals surface area (Å²) in [7, 11) is 1.54. The van der Waals surface area contributed by atoms with Gasteiger partial charge >= 0.3 is 0 Å². The Kier molecular flexibility index (Phi) is 5.81. The Balaban J connectivity index is 1.92. The number of nitrogens with zero attached hydrogens (tertiary/aromatic N) is 4. The van der Waals surface area contributed by atoms with E-state index in [1.165, 1.54) is 12.4 Å². The van der Waals surface area contributed by atoms with Crippen molar-refractivity contribution >= 4 is 23.4 Å². The molecule has 0 aromatic carbocycles. The lowest BCUT2D eigenvalue weighted by molar-refractivity contribution is -0.127. The molecule has 1 saturated heterocycles. The van der Waals surface area contributed by atoms with Crippen LogP contribution in [0.3, 0.4) is 0 Å². The average Bonchev–Trinajstić information content (AvgIpc) is 2.72. The maximum Gasteiger partial charge on any atom is 0.269 e. The number of hydrogen-bond acceptors (Lipinski definition) is 5. The molecule has 2 aromatic rings. The van der Waals surface area contributed by atoms with Crippen LogP contribution in [0.4, 0.5) is 0 Å². The molecule has 0 saturated carbocycles. The van der Waals surface area contributed by atoms with Gasteiger partial charge in [0.15, 0.2) is 0 Å². The largest absolute Gasteiger partial charge is 0.354 e. The molecule has 0 unspecified atom stereocenters. The number of carbonyl (C=O) groups excluding carboxylic acids is 2. The molecule has 0 radical (unpaired) electrons. The average molecular weight is 386 g/mol. The first kappa shape index (κ1) is 19.0. The number of piperidine rings is 1. The summed E-state index contributed by atoms with van der Waals surface area (Å²) < 4.78 is 0. The van der Waals surface area contributed by atoms with E-state index in [-0.39, 0.29) is 23.4 Å². The number of aromatic nitrogens is 3. The van der Waals surface area contributed by atoms with Crippen LogP contribution in [-0.4, -0.2) is 51.8 Å². The van der Waals surface area contributed by atoms with Crippen molar-refractivity contribution in [2.75, 3.05) is 20.1 Å². The van der Waals surface area contributed by atoms with Gasteiger partial charge in [0.05, 0.1) is 11.4 Å². The number of likely N-dealkylation sites (tertiary alicyclic amines) is 1. The monoisotopic (exact) mass is 385 g/mol. The lowest BCUT2D eigenvalue weighted by Crippen LogP contribution is -2.38.